The molecule has 0 unspecified atom stereocenters. The zero-order chi connectivity index (χ0) is 13.1. The zero-order valence-electron chi connectivity index (χ0n) is 8.84. The third kappa shape index (κ3) is 2.96. The number of thiophene rings is 1. The van der Waals surface area contributed by atoms with Crippen LogP contribution >= 0.6 is 27.3 Å². The van der Waals surface area contributed by atoms with Gasteiger partial charge < -0.3 is 14.9 Å². The Balaban J connectivity index is 1.97. The van der Waals surface area contributed by atoms with Crippen LogP contribution in [-0.2, 0) is 6.54 Å². The van der Waals surface area contributed by atoms with Crippen molar-refractivity contribution >= 4 is 39.1 Å². The van der Waals surface area contributed by atoms with Gasteiger partial charge in [-0.05, 0) is 22.0 Å². The first-order valence-corrected chi connectivity index (χ1v) is 6.44. The van der Waals surface area contributed by atoms with Crippen LogP contribution in [0.15, 0.2) is 26.5 Å². The molecule has 6 nitrogen and oxygen atoms in total. The topological polar surface area (TPSA) is 92.4 Å². The first-order valence-electron chi connectivity index (χ1n) is 4.77. The number of rotatable bonds is 4. The second-order valence-corrected chi connectivity index (χ2v) is 5.21. The Hall–Kier alpha value is -1.67. The second kappa shape index (κ2) is 5.32. The molecule has 0 spiro atoms. The maximum absolute atomic E-state index is 11.6. The maximum Gasteiger partial charge on any atom is 0.374 e. The molecule has 0 aliphatic rings. The van der Waals surface area contributed by atoms with Crippen LogP contribution in [0, 0.1) is 0 Å². The van der Waals surface area contributed by atoms with Gasteiger partial charge in [0, 0.05) is 20.8 Å². The van der Waals surface area contributed by atoms with Crippen molar-refractivity contribution in [1.82, 2.24) is 10.5 Å². The van der Waals surface area contributed by atoms with Gasteiger partial charge in [-0.2, -0.15) is 0 Å². The van der Waals surface area contributed by atoms with Gasteiger partial charge in [-0.1, -0.05) is 5.16 Å². The highest BCUT2D eigenvalue weighted by Gasteiger charge is 2.16. The molecule has 0 aliphatic heterocycles. The van der Waals surface area contributed by atoms with Gasteiger partial charge in [0.25, 0.3) is 5.91 Å². The zero-order valence-corrected chi connectivity index (χ0v) is 11.2. The smallest absolute Gasteiger partial charge is 0.374 e. The molecule has 0 saturated heterocycles. The third-order valence-corrected chi connectivity index (χ3v) is 3.70. The van der Waals surface area contributed by atoms with Crippen LogP contribution in [-0.4, -0.2) is 22.1 Å². The van der Waals surface area contributed by atoms with E-state index in [4.69, 9.17) is 5.11 Å². The minimum absolute atomic E-state index is 0.0528. The van der Waals surface area contributed by atoms with Gasteiger partial charge >= 0.3 is 5.97 Å². The normalized spacial score (nSPS) is 10.3. The Bertz CT molecular complexity index is 592. The molecule has 0 radical (unpaired) electrons. The number of hydrogen-bond acceptors (Lipinski definition) is 5. The van der Waals surface area contributed by atoms with Crippen LogP contribution in [0.25, 0.3) is 0 Å². The first-order chi connectivity index (χ1) is 8.56. The summed E-state index contributed by atoms with van der Waals surface area (Å²) in [5, 5.41) is 16.5. The summed E-state index contributed by atoms with van der Waals surface area (Å²) in [5.74, 6) is -2.10. The number of aromatic carboxylic acids is 1. The molecule has 0 bridgehead atoms. The van der Waals surface area contributed by atoms with Gasteiger partial charge in [-0.15, -0.1) is 11.3 Å². The summed E-state index contributed by atoms with van der Waals surface area (Å²) < 4.78 is 5.44. The second-order valence-electron chi connectivity index (χ2n) is 3.30. The summed E-state index contributed by atoms with van der Waals surface area (Å²) in [7, 11) is 0. The molecule has 0 aromatic carbocycles. The molecular weight excluding hydrogens is 324 g/mol. The Labute approximate surface area is 114 Å². The van der Waals surface area contributed by atoms with Crippen molar-refractivity contribution in [2.45, 2.75) is 6.54 Å². The quantitative estimate of drug-likeness (QED) is 0.895. The van der Waals surface area contributed by atoms with E-state index >= 15 is 0 Å². The van der Waals surface area contributed by atoms with Gasteiger partial charge in [-0.3, -0.25) is 4.79 Å². The van der Waals surface area contributed by atoms with Crippen molar-refractivity contribution in [1.29, 1.82) is 0 Å². The van der Waals surface area contributed by atoms with Crippen LogP contribution in [0.4, 0.5) is 0 Å². The molecule has 8 heteroatoms. The monoisotopic (exact) mass is 330 g/mol. The van der Waals surface area contributed by atoms with Gasteiger partial charge in [-0.25, -0.2) is 4.79 Å². The molecule has 0 saturated carbocycles. The van der Waals surface area contributed by atoms with E-state index in [2.05, 4.69) is 30.9 Å². The number of carbonyl (C=O) groups is 2. The Morgan fingerprint density at radius 2 is 2.28 bits per heavy atom. The first kappa shape index (κ1) is 12.8. The number of hydrogen-bond donors (Lipinski definition) is 2. The highest BCUT2D eigenvalue weighted by Crippen LogP contribution is 2.19. The summed E-state index contributed by atoms with van der Waals surface area (Å²) in [6, 6.07) is 2.97. The van der Waals surface area contributed by atoms with Gasteiger partial charge in [0.15, 0.2) is 5.69 Å². The molecule has 0 fully saturated rings. The molecule has 2 heterocycles. The molecular formula is C10H7BrN2O4S. The number of nitrogens with zero attached hydrogens (tertiary/aromatic N) is 1. The molecule has 1 amide bonds. The molecule has 18 heavy (non-hydrogen) atoms. The molecule has 2 rings (SSSR count). The van der Waals surface area contributed by atoms with E-state index in [-0.39, 0.29) is 11.5 Å². The number of halogens is 1. The minimum Gasteiger partial charge on any atom is -0.475 e. The average molecular weight is 331 g/mol. The summed E-state index contributed by atoms with van der Waals surface area (Å²) in [6.45, 7) is 0.352. The fourth-order valence-electron chi connectivity index (χ4n) is 1.19. The lowest BCUT2D eigenvalue weighted by Gasteiger charge is -1.99. The van der Waals surface area contributed by atoms with Crippen molar-refractivity contribution < 1.29 is 19.2 Å². The van der Waals surface area contributed by atoms with Crippen LogP contribution in [0.1, 0.15) is 25.9 Å². The Morgan fingerprint density at radius 3 is 2.83 bits per heavy atom. The van der Waals surface area contributed by atoms with Crippen LogP contribution < -0.4 is 5.32 Å². The van der Waals surface area contributed by atoms with E-state index in [0.29, 0.717) is 6.54 Å². The number of nitrogens with one attached hydrogen (secondary N) is 1. The van der Waals surface area contributed by atoms with Crippen molar-refractivity contribution in [3.8, 4) is 0 Å². The fraction of sp³-hybridized carbons (Fsp3) is 0.100. The predicted octanol–water partition coefficient (Wildman–Crippen LogP) is 2.13. The van der Waals surface area contributed by atoms with Gasteiger partial charge in [0.05, 0.1) is 6.54 Å². The fourth-order valence-corrected chi connectivity index (χ4v) is 2.58. The lowest BCUT2D eigenvalue weighted by Crippen LogP contribution is -2.22. The molecule has 94 valence electrons. The van der Waals surface area contributed by atoms with Crippen molar-refractivity contribution in [2.75, 3.05) is 0 Å². The van der Waals surface area contributed by atoms with Crippen molar-refractivity contribution in [2.24, 2.45) is 0 Å². The highest BCUT2D eigenvalue weighted by atomic mass is 79.9. The SMILES string of the molecule is O=C(NCc1cc(Br)cs1)c1cc(C(=O)O)on1. The van der Waals surface area contributed by atoms with Gasteiger partial charge in [0.2, 0.25) is 5.76 Å². The number of aromatic nitrogens is 1. The standard InChI is InChI=1S/C10H7BrN2O4S/c11-5-1-6(18-4-5)3-12-9(14)7-2-8(10(15)16)17-13-7/h1-2,4H,3H2,(H,12,14)(H,15,16). The molecule has 2 aromatic heterocycles. The Morgan fingerprint density at radius 1 is 1.50 bits per heavy atom. The van der Waals surface area contributed by atoms with Crippen molar-refractivity contribution in [3.05, 3.63) is 38.3 Å². The molecule has 0 aliphatic carbocycles. The van der Waals surface area contributed by atoms with E-state index < -0.39 is 11.9 Å². The maximum atomic E-state index is 11.6. The molecule has 2 aromatic rings. The van der Waals surface area contributed by atoms with E-state index in [0.717, 1.165) is 15.4 Å². The van der Waals surface area contributed by atoms with E-state index in [1.165, 1.54) is 11.3 Å². The molecule has 0 atom stereocenters. The number of carboxylic acids is 1. The number of carbonyl (C=O) groups excluding carboxylic acids is 1. The van der Waals surface area contributed by atoms with Crippen molar-refractivity contribution in [3.63, 3.8) is 0 Å². The predicted molar refractivity (Wildman–Crippen MR) is 66.7 cm³/mol. The summed E-state index contributed by atoms with van der Waals surface area (Å²) in [5.41, 5.74) is -0.0528. The largest absolute Gasteiger partial charge is 0.475 e. The lowest BCUT2D eigenvalue weighted by molar-refractivity contribution is 0.0651. The summed E-state index contributed by atoms with van der Waals surface area (Å²) in [4.78, 5) is 23.1. The van der Waals surface area contributed by atoms with E-state index in [1.807, 2.05) is 11.4 Å². The minimum atomic E-state index is -1.26. The van der Waals surface area contributed by atoms with E-state index in [9.17, 15) is 9.59 Å². The van der Waals surface area contributed by atoms with Crippen LogP contribution in [0.5, 0.6) is 0 Å². The molecule has 2 N–H and O–H groups in total. The average Bonchev–Trinajstić information content (AvgIpc) is 2.94. The highest BCUT2D eigenvalue weighted by molar-refractivity contribution is 9.10. The van der Waals surface area contributed by atoms with Gasteiger partial charge in [0.1, 0.15) is 0 Å². The Kier molecular flexibility index (Phi) is 3.78. The lowest BCUT2D eigenvalue weighted by atomic mass is 10.3. The summed E-state index contributed by atoms with van der Waals surface area (Å²) >= 11 is 4.81. The number of carboxylic acid groups (broad SMARTS) is 1. The van der Waals surface area contributed by atoms with Crippen LogP contribution in [0.3, 0.4) is 0 Å². The summed E-state index contributed by atoms with van der Waals surface area (Å²) in [6.07, 6.45) is 0. The third-order valence-electron chi connectivity index (χ3n) is 2.00. The van der Waals surface area contributed by atoms with E-state index in [1.54, 1.807) is 0 Å². The van der Waals surface area contributed by atoms with Crippen LogP contribution in [0.2, 0.25) is 0 Å². The number of amides is 1.